The van der Waals surface area contributed by atoms with Gasteiger partial charge in [-0.15, -0.1) is 0 Å². The van der Waals surface area contributed by atoms with Crippen LogP contribution in [0.2, 0.25) is 0 Å². The summed E-state index contributed by atoms with van der Waals surface area (Å²) in [5.74, 6) is 0.610. The van der Waals surface area contributed by atoms with Crippen molar-refractivity contribution in [3.63, 3.8) is 0 Å². The Hall–Kier alpha value is -1.07. The van der Waals surface area contributed by atoms with E-state index in [0.29, 0.717) is 18.5 Å². The average Bonchev–Trinajstić information content (AvgIpc) is 2.47. The minimum Gasteiger partial charge on any atom is -0.336 e. The maximum absolute atomic E-state index is 12.1. The highest BCUT2D eigenvalue weighted by Crippen LogP contribution is 2.20. The topological polar surface area (TPSA) is 44.4 Å². The van der Waals surface area contributed by atoms with Gasteiger partial charge in [0.05, 0.1) is 5.69 Å². The van der Waals surface area contributed by atoms with Gasteiger partial charge in [0.15, 0.2) is 0 Å². The predicted octanol–water partition coefficient (Wildman–Crippen LogP) is 4.33. The first kappa shape index (κ1) is 19.0. The number of para-hydroxylation sites is 1. The lowest BCUT2D eigenvalue weighted by Gasteiger charge is -2.31. The van der Waals surface area contributed by atoms with E-state index in [9.17, 15) is 4.79 Å². The molecule has 0 saturated carbocycles. The minimum atomic E-state index is -0.159. The number of anilines is 1. The molecule has 1 aromatic rings. The Labute approximate surface area is 142 Å². The Morgan fingerprint density at radius 2 is 1.86 bits per heavy atom. The van der Waals surface area contributed by atoms with E-state index in [4.69, 9.17) is 0 Å². The van der Waals surface area contributed by atoms with Gasteiger partial charge >= 0.3 is 6.03 Å². The number of carbonyl (C=O) groups is 1. The van der Waals surface area contributed by atoms with E-state index in [-0.39, 0.29) is 6.03 Å². The van der Waals surface area contributed by atoms with Crippen LogP contribution in [0.5, 0.6) is 0 Å². The van der Waals surface area contributed by atoms with Gasteiger partial charge in [-0.1, -0.05) is 39.8 Å². The lowest BCUT2D eigenvalue weighted by Crippen LogP contribution is -2.45. The highest BCUT2D eigenvalue weighted by molar-refractivity contribution is 9.10. The molecule has 2 N–H and O–H groups in total. The van der Waals surface area contributed by atoms with E-state index in [1.54, 1.807) is 0 Å². The second-order valence-corrected chi connectivity index (χ2v) is 6.67. The summed E-state index contributed by atoms with van der Waals surface area (Å²) in [6.07, 6.45) is 1.08. The van der Waals surface area contributed by atoms with Crippen molar-refractivity contribution in [3.8, 4) is 0 Å². The first-order chi connectivity index (χ1) is 10.5. The van der Waals surface area contributed by atoms with Crippen molar-refractivity contribution >= 4 is 27.6 Å². The van der Waals surface area contributed by atoms with Crippen molar-refractivity contribution in [2.24, 2.45) is 5.92 Å². The second-order valence-electron chi connectivity index (χ2n) is 5.82. The number of urea groups is 1. The maximum atomic E-state index is 12.1. The number of hydrogen-bond acceptors (Lipinski definition) is 2. The smallest absolute Gasteiger partial charge is 0.319 e. The lowest BCUT2D eigenvalue weighted by atomic mass is 10.0. The van der Waals surface area contributed by atoms with E-state index >= 15 is 0 Å². The summed E-state index contributed by atoms with van der Waals surface area (Å²) >= 11 is 3.43. The quantitative estimate of drug-likeness (QED) is 0.716. The maximum Gasteiger partial charge on any atom is 0.319 e. The molecule has 0 heterocycles. The van der Waals surface area contributed by atoms with E-state index in [0.717, 1.165) is 29.7 Å². The highest BCUT2D eigenvalue weighted by atomic mass is 79.9. The van der Waals surface area contributed by atoms with Crippen molar-refractivity contribution in [2.45, 2.75) is 40.2 Å². The zero-order chi connectivity index (χ0) is 16.5. The molecular formula is C17H28BrN3O. The number of amides is 2. The molecule has 124 valence electrons. The summed E-state index contributed by atoms with van der Waals surface area (Å²) in [4.78, 5) is 14.5. The molecule has 1 aromatic carbocycles. The van der Waals surface area contributed by atoms with Crippen molar-refractivity contribution in [1.29, 1.82) is 0 Å². The number of rotatable bonds is 8. The number of likely N-dealkylation sites (N-methyl/N-ethyl adjacent to an activating group) is 1. The molecule has 0 aliphatic heterocycles. The molecule has 0 radical (unpaired) electrons. The molecule has 0 bridgehead atoms. The van der Waals surface area contributed by atoms with Crippen LogP contribution in [0.3, 0.4) is 0 Å². The Kier molecular flexibility index (Phi) is 8.49. The van der Waals surface area contributed by atoms with Crippen molar-refractivity contribution < 1.29 is 4.79 Å². The van der Waals surface area contributed by atoms with Gasteiger partial charge in [0, 0.05) is 17.1 Å². The molecule has 2 amide bonds. The average molecular weight is 370 g/mol. The van der Waals surface area contributed by atoms with Crippen LogP contribution in [0, 0.1) is 5.92 Å². The highest BCUT2D eigenvalue weighted by Gasteiger charge is 2.18. The molecule has 5 heteroatoms. The van der Waals surface area contributed by atoms with Gasteiger partial charge in [0.2, 0.25) is 0 Å². The Bertz CT molecular complexity index is 461. The van der Waals surface area contributed by atoms with Crippen molar-refractivity contribution in [2.75, 3.05) is 25.0 Å². The van der Waals surface area contributed by atoms with Gasteiger partial charge < -0.3 is 10.6 Å². The van der Waals surface area contributed by atoms with Gasteiger partial charge in [-0.05, 0) is 53.5 Å². The summed E-state index contributed by atoms with van der Waals surface area (Å²) in [6.45, 7) is 11.4. The fraction of sp³-hybridized carbons (Fsp3) is 0.588. The molecule has 1 rings (SSSR count). The Morgan fingerprint density at radius 1 is 1.23 bits per heavy atom. The Morgan fingerprint density at radius 3 is 2.41 bits per heavy atom. The number of hydrogen-bond donors (Lipinski definition) is 2. The minimum absolute atomic E-state index is 0.159. The van der Waals surface area contributed by atoms with E-state index in [2.05, 4.69) is 59.2 Å². The van der Waals surface area contributed by atoms with Gasteiger partial charge in [0.25, 0.3) is 0 Å². The van der Waals surface area contributed by atoms with Gasteiger partial charge in [-0.3, -0.25) is 4.90 Å². The van der Waals surface area contributed by atoms with Crippen LogP contribution in [0.4, 0.5) is 10.5 Å². The summed E-state index contributed by atoms with van der Waals surface area (Å²) < 4.78 is 0.882. The number of carbonyl (C=O) groups excluding carboxylic acids is 1. The number of nitrogens with zero attached hydrogens (tertiary/aromatic N) is 1. The third-order valence-electron chi connectivity index (χ3n) is 3.69. The molecule has 0 aromatic heterocycles. The van der Waals surface area contributed by atoms with Crippen LogP contribution in [0.1, 0.15) is 34.1 Å². The molecule has 1 atom stereocenters. The van der Waals surface area contributed by atoms with Crippen LogP contribution >= 0.6 is 15.9 Å². The van der Waals surface area contributed by atoms with Crippen molar-refractivity contribution in [3.05, 3.63) is 28.7 Å². The summed E-state index contributed by atoms with van der Waals surface area (Å²) in [7, 11) is 0. The zero-order valence-corrected chi connectivity index (χ0v) is 15.6. The number of nitrogens with one attached hydrogen (secondary N) is 2. The molecule has 0 spiro atoms. The van der Waals surface area contributed by atoms with E-state index < -0.39 is 0 Å². The Balaban J connectivity index is 2.56. The van der Waals surface area contributed by atoms with Gasteiger partial charge in [-0.2, -0.15) is 0 Å². The monoisotopic (exact) mass is 369 g/mol. The molecule has 0 aliphatic rings. The summed E-state index contributed by atoms with van der Waals surface area (Å²) in [5, 5.41) is 5.88. The molecule has 0 aliphatic carbocycles. The molecule has 22 heavy (non-hydrogen) atoms. The standard InChI is InChI=1S/C17H28BrN3O/c1-5-21(6-2)14(11-13(3)4)12-19-17(22)20-16-10-8-7-9-15(16)18/h7-10,13-14H,5-6,11-12H2,1-4H3,(H2,19,20,22)/t14-/m0/s1. The first-order valence-corrected chi connectivity index (χ1v) is 8.80. The third kappa shape index (κ3) is 6.36. The molecule has 0 saturated heterocycles. The third-order valence-corrected chi connectivity index (χ3v) is 4.38. The van der Waals surface area contributed by atoms with Gasteiger partial charge in [0.1, 0.15) is 0 Å². The van der Waals surface area contributed by atoms with Crippen LogP contribution < -0.4 is 10.6 Å². The number of benzene rings is 1. The summed E-state index contributed by atoms with van der Waals surface area (Å²) in [5.41, 5.74) is 0.781. The molecule has 0 fully saturated rings. The predicted molar refractivity (Wildman–Crippen MR) is 97.3 cm³/mol. The van der Waals surface area contributed by atoms with Crippen LogP contribution in [0.15, 0.2) is 28.7 Å². The normalized spacial score (nSPS) is 12.5. The number of halogens is 1. The second kappa shape index (κ2) is 9.85. The van der Waals surface area contributed by atoms with Crippen LogP contribution in [0.25, 0.3) is 0 Å². The van der Waals surface area contributed by atoms with Crippen LogP contribution in [-0.4, -0.2) is 36.6 Å². The fourth-order valence-corrected chi connectivity index (χ4v) is 2.97. The van der Waals surface area contributed by atoms with Crippen molar-refractivity contribution in [1.82, 2.24) is 10.2 Å². The van der Waals surface area contributed by atoms with E-state index in [1.807, 2.05) is 24.3 Å². The zero-order valence-electron chi connectivity index (χ0n) is 14.0. The molecule has 0 unspecified atom stereocenters. The van der Waals surface area contributed by atoms with E-state index in [1.165, 1.54) is 0 Å². The van der Waals surface area contributed by atoms with Gasteiger partial charge in [-0.25, -0.2) is 4.79 Å². The molecular weight excluding hydrogens is 342 g/mol. The SMILES string of the molecule is CCN(CC)[C@H](CNC(=O)Nc1ccccc1Br)CC(C)C. The molecule has 4 nitrogen and oxygen atoms in total. The summed E-state index contributed by atoms with van der Waals surface area (Å²) in [6, 6.07) is 7.82. The first-order valence-electron chi connectivity index (χ1n) is 8.01. The lowest BCUT2D eigenvalue weighted by molar-refractivity contribution is 0.186. The van der Waals surface area contributed by atoms with Crippen LogP contribution in [-0.2, 0) is 0 Å². The largest absolute Gasteiger partial charge is 0.336 e. The fourth-order valence-electron chi connectivity index (χ4n) is 2.59.